The minimum Gasteiger partial charge on any atom is -0.356 e. The maximum Gasteiger partial charge on any atom is 0.191 e. The zero-order valence-electron chi connectivity index (χ0n) is 11.7. The summed E-state index contributed by atoms with van der Waals surface area (Å²) in [5.74, 6) is 1.20. The van der Waals surface area contributed by atoms with Crippen LogP contribution >= 0.6 is 24.0 Å². The molecule has 1 aromatic carbocycles. The molecule has 0 saturated heterocycles. The van der Waals surface area contributed by atoms with E-state index in [-0.39, 0.29) is 29.8 Å². The Morgan fingerprint density at radius 3 is 2.63 bits per heavy atom. The number of nitrogens with one attached hydrogen (secondary N) is 2. The fraction of sp³-hybridized carbons (Fsp3) is 0.500. The Balaban J connectivity index is 0.00000324. The summed E-state index contributed by atoms with van der Waals surface area (Å²) in [5.41, 5.74) is 0.904. The lowest BCUT2D eigenvalue weighted by Crippen LogP contribution is -2.37. The maximum absolute atomic E-state index is 13.0. The second-order valence-electron chi connectivity index (χ2n) is 4.66. The molecule has 0 atom stereocenters. The van der Waals surface area contributed by atoms with Crippen molar-refractivity contribution in [3.8, 4) is 0 Å². The number of hydrogen-bond acceptors (Lipinski definition) is 1. The molecule has 0 aliphatic carbocycles. The number of rotatable bonds is 5. The standard InChI is InChI=1S/C14H22FN3.HI/c1-11(2)7-8-17-14(16-3)18-10-12-5-4-6-13(15)9-12;/h4-6,9,11H,7-8,10H2,1-3H3,(H2,16,17,18);1H. The first kappa shape index (κ1) is 18.1. The van der Waals surface area contributed by atoms with Gasteiger partial charge in [-0.05, 0) is 30.0 Å². The van der Waals surface area contributed by atoms with Crippen molar-refractivity contribution < 1.29 is 4.39 Å². The Bertz CT molecular complexity index is 394. The third-order valence-corrected chi connectivity index (χ3v) is 2.59. The molecule has 0 aliphatic rings. The second kappa shape index (κ2) is 10.00. The fourth-order valence-corrected chi connectivity index (χ4v) is 1.53. The Kier molecular flexibility index (Phi) is 9.55. The number of halogens is 2. The topological polar surface area (TPSA) is 36.4 Å². The lowest BCUT2D eigenvalue weighted by atomic mass is 10.1. The van der Waals surface area contributed by atoms with E-state index in [1.165, 1.54) is 12.1 Å². The SMILES string of the molecule is CN=C(NCCC(C)C)NCc1cccc(F)c1.I. The van der Waals surface area contributed by atoms with Crippen LogP contribution in [-0.2, 0) is 6.54 Å². The summed E-state index contributed by atoms with van der Waals surface area (Å²) in [7, 11) is 1.73. The van der Waals surface area contributed by atoms with Crippen molar-refractivity contribution in [2.75, 3.05) is 13.6 Å². The van der Waals surface area contributed by atoms with Crippen LogP contribution in [-0.4, -0.2) is 19.6 Å². The van der Waals surface area contributed by atoms with E-state index in [0.29, 0.717) is 12.5 Å². The third kappa shape index (κ3) is 8.02. The van der Waals surface area contributed by atoms with Gasteiger partial charge >= 0.3 is 0 Å². The van der Waals surface area contributed by atoms with E-state index in [0.717, 1.165) is 24.5 Å². The monoisotopic (exact) mass is 379 g/mol. The van der Waals surface area contributed by atoms with Gasteiger partial charge in [-0.3, -0.25) is 4.99 Å². The molecule has 0 saturated carbocycles. The molecule has 5 heteroatoms. The second-order valence-corrected chi connectivity index (χ2v) is 4.66. The summed E-state index contributed by atoms with van der Waals surface area (Å²) in [4.78, 5) is 4.12. The molecule has 0 aromatic heterocycles. The number of nitrogens with zero attached hydrogens (tertiary/aromatic N) is 1. The minimum atomic E-state index is -0.211. The van der Waals surface area contributed by atoms with Gasteiger partial charge in [0.1, 0.15) is 5.82 Å². The molecule has 3 nitrogen and oxygen atoms in total. The van der Waals surface area contributed by atoms with Crippen LogP contribution in [0, 0.1) is 11.7 Å². The maximum atomic E-state index is 13.0. The van der Waals surface area contributed by atoms with Crippen molar-refractivity contribution in [3.63, 3.8) is 0 Å². The highest BCUT2D eigenvalue weighted by Gasteiger charge is 2.00. The number of benzene rings is 1. The van der Waals surface area contributed by atoms with Gasteiger partial charge in [-0.15, -0.1) is 24.0 Å². The molecule has 19 heavy (non-hydrogen) atoms. The molecule has 0 bridgehead atoms. The molecule has 0 amide bonds. The van der Waals surface area contributed by atoms with Crippen molar-refractivity contribution in [3.05, 3.63) is 35.6 Å². The quantitative estimate of drug-likeness (QED) is 0.469. The average molecular weight is 379 g/mol. The van der Waals surface area contributed by atoms with Crippen LogP contribution < -0.4 is 10.6 Å². The van der Waals surface area contributed by atoms with Gasteiger partial charge in [0.15, 0.2) is 5.96 Å². The summed E-state index contributed by atoms with van der Waals surface area (Å²) in [5, 5.41) is 6.39. The first-order valence-corrected chi connectivity index (χ1v) is 6.30. The van der Waals surface area contributed by atoms with Crippen LogP contribution in [0.2, 0.25) is 0 Å². The molecule has 0 unspecified atom stereocenters. The van der Waals surface area contributed by atoms with E-state index in [9.17, 15) is 4.39 Å². The van der Waals surface area contributed by atoms with E-state index < -0.39 is 0 Å². The van der Waals surface area contributed by atoms with Crippen LogP contribution in [0.15, 0.2) is 29.3 Å². The molecule has 0 radical (unpaired) electrons. The highest BCUT2D eigenvalue weighted by atomic mass is 127. The Labute approximate surface area is 132 Å². The van der Waals surface area contributed by atoms with Gasteiger partial charge in [0, 0.05) is 20.1 Å². The van der Waals surface area contributed by atoms with Gasteiger partial charge < -0.3 is 10.6 Å². The smallest absolute Gasteiger partial charge is 0.191 e. The summed E-state index contributed by atoms with van der Waals surface area (Å²) in [6.07, 6.45) is 1.10. The first-order valence-electron chi connectivity index (χ1n) is 6.30. The summed E-state index contributed by atoms with van der Waals surface area (Å²) < 4.78 is 13.0. The minimum absolute atomic E-state index is 0. The molecule has 0 aliphatic heterocycles. The average Bonchev–Trinajstić information content (AvgIpc) is 2.33. The van der Waals surface area contributed by atoms with E-state index in [1.54, 1.807) is 13.1 Å². The molecule has 0 spiro atoms. The largest absolute Gasteiger partial charge is 0.356 e. The van der Waals surface area contributed by atoms with Gasteiger partial charge in [-0.25, -0.2) is 4.39 Å². The van der Waals surface area contributed by atoms with E-state index in [1.807, 2.05) is 6.07 Å². The van der Waals surface area contributed by atoms with Crippen LogP contribution in [0.3, 0.4) is 0 Å². The third-order valence-electron chi connectivity index (χ3n) is 2.59. The molecule has 1 aromatic rings. The Morgan fingerprint density at radius 2 is 2.05 bits per heavy atom. The lowest BCUT2D eigenvalue weighted by Gasteiger charge is -2.12. The van der Waals surface area contributed by atoms with Crippen LogP contribution in [0.1, 0.15) is 25.8 Å². The zero-order valence-corrected chi connectivity index (χ0v) is 14.1. The van der Waals surface area contributed by atoms with E-state index in [4.69, 9.17) is 0 Å². The van der Waals surface area contributed by atoms with Gasteiger partial charge in [0.05, 0.1) is 0 Å². The Morgan fingerprint density at radius 1 is 1.32 bits per heavy atom. The fourth-order valence-electron chi connectivity index (χ4n) is 1.53. The number of aliphatic imine (C=N–C) groups is 1. The highest BCUT2D eigenvalue weighted by Crippen LogP contribution is 2.02. The van der Waals surface area contributed by atoms with Gasteiger partial charge in [-0.1, -0.05) is 26.0 Å². The van der Waals surface area contributed by atoms with Crippen LogP contribution in [0.4, 0.5) is 4.39 Å². The summed E-state index contributed by atoms with van der Waals surface area (Å²) >= 11 is 0. The molecular formula is C14H23FIN3. The number of hydrogen-bond donors (Lipinski definition) is 2. The molecule has 1 rings (SSSR count). The molecule has 108 valence electrons. The van der Waals surface area contributed by atoms with Crippen LogP contribution in [0.25, 0.3) is 0 Å². The van der Waals surface area contributed by atoms with Crippen LogP contribution in [0.5, 0.6) is 0 Å². The predicted octanol–water partition coefficient (Wildman–Crippen LogP) is 3.15. The van der Waals surface area contributed by atoms with Gasteiger partial charge in [0.25, 0.3) is 0 Å². The predicted molar refractivity (Wildman–Crippen MR) is 89.5 cm³/mol. The van der Waals surface area contributed by atoms with E-state index >= 15 is 0 Å². The molecule has 2 N–H and O–H groups in total. The van der Waals surface area contributed by atoms with Crippen molar-refractivity contribution in [2.24, 2.45) is 10.9 Å². The highest BCUT2D eigenvalue weighted by molar-refractivity contribution is 14.0. The first-order chi connectivity index (χ1) is 8.61. The van der Waals surface area contributed by atoms with Crippen molar-refractivity contribution in [2.45, 2.75) is 26.8 Å². The van der Waals surface area contributed by atoms with Gasteiger partial charge in [-0.2, -0.15) is 0 Å². The lowest BCUT2D eigenvalue weighted by molar-refractivity contribution is 0.573. The molecule has 0 fully saturated rings. The summed E-state index contributed by atoms with van der Waals surface area (Å²) in [6, 6.07) is 6.56. The summed E-state index contributed by atoms with van der Waals surface area (Å²) in [6.45, 7) is 5.83. The Hall–Kier alpha value is -0.850. The zero-order chi connectivity index (χ0) is 13.4. The normalized spacial score (nSPS) is 11.1. The van der Waals surface area contributed by atoms with E-state index in [2.05, 4.69) is 29.5 Å². The molecular weight excluding hydrogens is 356 g/mol. The van der Waals surface area contributed by atoms with Crippen molar-refractivity contribution in [1.82, 2.24) is 10.6 Å². The number of guanidine groups is 1. The van der Waals surface area contributed by atoms with Crippen molar-refractivity contribution >= 4 is 29.9 Å². The van der Waals surface area contributed by atoms with Gasteiger partial charge in [0.2, 0.25) is 0 Å². The molecule has 0 heterocycles. The van der Waals surface area contributed by atoms with Crippen molar-refractivity contribution in [1.29, 1.82) is 0 Å².